The Hall–Kier alpha value is -1.48. The Labute approximate surface area is 120 Å². The van der Waals surface area contributed by atoms with Gasteiger partial charge in [-0.1, -0.05) is 31.4 Å². The van der Waals surface area contributed by atoms with E-state index >= 15 is 0 Å². The van der Waals surface area contributed by atoms with Crippen LogP contribution in [0.4, 0.5) is 0 Å². The van der Waals surface area contributed by atoms with Crippen molar-refractivity contribution in [2.75, 3.05) is 13.1 Å². The fourth-order valence-electron chi connectivity index (χ4n) is 3.42. The number of hydrogen-bond donors (Lipinski definition) is 1. The van der Waals surface area contributed by atoms with Crippen LogP contribution in [-0.4, -0.2) is 23.1 Å². The highest BCUT2D eigenvalue weighted by molar-refractivity contribution is 5.72. The number of fused-ring (bicyclic) bond motifs is 2. The molecule has 1 aromatic heterocycles. The molecule has 106 valence electrons. The van der Waals surface area contributed by atoms with Crippen molar-refractivity contribution in [1.82, 2.24) is 15.3 Å². The van der Waals surface area contributed by atoms with Gasteiger partial charge in [-0.2, -0.15) is 0 Å². The van der Waals surface area contributed by atoms with Gasteiger partial charge in [0.15, 0.2) is 0 Å². The van der Waals surface area contributed by atoms with Crippen molar-refractivity contribution in [2.45, 2.75) is 32.1 Å². The molecule has 3 heteroatoms. The molecule has 3 nitrogen and oxygen atoms in total. The standard InChI is InChI=1S/C9H17N.C8H6N2/c1-2-4-9-7-10-6-5-8(9)3-1;1-2-4-8-7(3-1)9-5-6-10-8/h8-10H,1-7H2;1-6H. The molecular weight excluding hydrogens is 246 g/mol. The van der Waals surface area contributed by atoms with E-state index in [2.05, 4.69) is 15.3 Å². The van der Waals surface area contributed by atoms with Gasteiger partial charge in [-0.15, -0.1) is 0 Å². The van der Waals surface area contributed by atoms with Crippen molar-refractivity contribution in [2.24, 2.45) is 11.8 Å². The molecule has 2 heterocycles. The maximum absolute atomic E-state index is 4.12. The molecule has 20 heavy (non-hydrogen) atoms. The highest BCUT2D eigenvalue weighted by Crippen LogP contribution is 2.33. The van der Waals surface area contributed by atoms with Crippen molar-refractivity contribution in [3.63, 3.8) is 0 Å². The number of nitrogens with one attached hydrogen (secondary N) is 1. The molecule has 2 fully saturated rings. The molecule has 2 aliphatic rings. The lowest BCUT2D eigenvalue weighted by Gasteiger charge is -2.35. The number of rotatable bonds is 0. The first-order valence-electron chi connectivity index (χ1n) is 7.80. The Morgan fingerprint density at radius 3 is 2.15 bits per heavy atom. The van der Waals surface area contributed by atoms with Gasteiger partial charge in [0.05, 0.1) is 11.0 Å². The van der Waals surface area contributed by atoms with E-state index in [1.54, 1.807) is 12.4 Å². The highest BCUT2D eigenvalue weighted by atomic mass is 14.9. The van der Waals surface area contributed by atoms with Crippen molar-refractivity contribution in [1.29, 1.82) is 0 Å². The summed E-state index contributed by atoms with van der Waals surface area (Å²) in [6.45, 7) is 2.59. The van der Waals surface area contributed by atoms with Crippen LogP contribution in [0.15, 0.2) is 36.7 Å². The largest absolute Gasteiger partial charge is 0.316 e. The summed E-state index contributed by atoms with van der Waals surface area (Å²) in [5, 5.41) is 3.48. The maximum Gasteiger partial charge on any atom is 0.0886 e. The minimum Gasteiger partial charge on any atom is -0.316 e. The van der Waals surface area contributed by atoms with E-state index in [0.717, 1.165) is 22.9 Å². The summed E-state index contributed by atoms with van der Waals surface area (Å²) in [6, 6.07) is 7.80. The Bertz CT molecular complexity index is 449. The molecule has 1 aromatic carbocycles. The monoisotopic (exact) mass is 269 g/mol. The first kappa shape index (κ1) is 13.5. The molecule has 2 atom stereocenters. The third-order valence-electron chi connectivity index (χ3n) is 4.54. The van der Waals surface area contributed by atoms with Gasteiger partial charge >= 0.3 is 0 Å². The number of hydrogen-bond acceptors (Lipinski definition) is 3. The second-order valence-electron chi connectivity index (χ2n) is 5.84. The SMILES string of the molecule is C1CCC2CNCCC2C1.c1ccc2nccnc2c1. The second kappa shape index (κ2) is 6.80. The summed E-state index contributed by atoms with van der Waals surface area (Å²) >= 11 is 0. The predicted molar refractivity (Wildman–Crippen MR) is 82.5 cm³/mol. The quantitative estimate of drug-likeness (QED) is 0.796. The third-order valence-corrected chi connectivity index (χ3v) is 4.54. The second-order valence-corrected chi connectivity index (χ2v) is 5.84. The van der Waals surface area contributed by atoms with Crippen molar-refractivity contribution >= 4 is 11.0 Å². The smallest absolute Gasteiger partial charge is 0.0886 e. The molecule has 0 radical (unpaired) electrons. The molecular formula is C17H23N3. The Morgan fingerprint density at radius 2 is 1.50 bits per heavy atom. The number of nitrogens with zero attached hydrogens (tertiary/aromatic N) is 2. The van der Waals surface area contributed by atoms with E-state index in [9.17, 15) is 0 Å². The summed E-state index contributed by atoms with van der Waals surface area (Å²) in [5.74, 6) is 2.14. The molecule has 2 aromatic rings. The molecule has 0 spiro atoms. The van der Waals surface area contributed by atoms with E-state index in [-0.39, 0.29) is 0 Å². The Balaban J connectivity index is 0.000000121. The molecule has 1 saturated carbocycles. The zero-order chi connectivity index (χ0) is 13.6. The highest BCUT2D eigenvalue weighted by Gasteiger charge is 2.26. The zero-order valence-electron chi connectivity index (χ0n) is 12.0. The molecule has 1 aliphatic heterocycles. The maximum atomic E-state index is 4.12. The minimum atomic E-state index is 0.949. The fourth-order valence-corrected chi connectivity index (χ4v) is 3.42. The number of benzene rings is 1. The lowest BCUT2D eigenvalue weighted by Crippen LogP contribution is -2.38. The Kier molecular flexibility index (Phi) is 4.59. The average molecular weight is 269 g/mol. The molecule has 1 aliphatic carbocycles. The van der Waals surface area contributed by atoms with Crippen molar-refractivity contribution in [3.8, 4) is 0 Å². The average Bonchev–Trinajstić information content (AvgIpc) is 2.56. The minimum absolute atomic E-state index is 0.949. The van der Waals surface area contributed by atoms with Crippen molar-refractivity contribution in [3.05, 3.63) is 36.7 Å². The van der Waals surface area contributed by atoms with Crippen LogP contribution < -0.4 is 5.32 Å². The Morgan fingerprint density at radius 1 is 0.850 bits per heavy atom. The summed E-state index contributed by atoms with van der Waals surface area (Å²) < 4.78 is 0. The summed E-state index contributed by atoms with van der Waals surface area (Å²) in [6.07, 6.45) is 10.9. The van der Waals surface area contributed by atoms with Gasteiger partial charge in [-0.05, 0) is 49.9 Å². The summed E-state index contributed by atoms with van der Waals surface area (Å²) in [7, 11) is 0. The zero-order valence-corrected chi connectivity index (χ0v) is 12.0. The number of aromatic nitrogens is 2. The van der Waals surface area contributed by atoms with Crippen LogP contribution in [0.5, 0.6) is 0 Å². The van der Waals surface area contributed by atoms with Crippen LogP contribution in [0.25, 0.3) is 11.0 Å². The van der Waals surface area contributed by atoms with Gasteiger partial charge in [0.2, 0.25) is 0 Å². The molecule has 1 N–H and O–H groups in total. The van der Waals surface area contributed by atoms with E-state index < -0.39 is 0 Å². The van der Waals surface area contributed by atoms with E-state index in [1.807, 2.05) is 24.3 Å². The molecule has 2 unspecified atom stereocenters. The van der Waals surface area contributed by atoms with E-state index in [0.29, 0.717) is 0 Å². The van der Waals surface area contributed by atoms with Gasteiger partial charge in [0.25, 0.3) is 0 Å². The first-order chi connectivity index (χ1) is 9.93. The van der Waals surface area contributed by atoms with E-state index in [4.69, 9.17) is 0 Å². The molecule has 4 rings (SSSR count). The van der Waals surface area contributed by atoms with Crippen LogP contribution in [0, 0.1) is 11.8 Å². The molecule has 0 bridgehead atoms. The van der Waals surface area contributed by atoms with Crippen LogP contribution in [0.1, 0.15) is 32.1 Å². The number of piperidine rings is 1. The third kappa shape index (κ3) is 3.34. The normalized spacial score (nSPS) is 25.4. The van der Waals surface area contributed by atoms with Gasteiger partial charge in [-0.3, -0.25) is 9.97 Å². The number of para-hydroxylation sites is 2. The van der Waals surface area contributed by atoms with Gasteiger partial charge in [0, 0.05) is 12.4 Å². The lowest BCUT2D eigenvalue weighted by atomic mass is 9.76. The van der Waals surface area contributed by atoms with Crippen LogP contribution in [-0.2, 0) is 0 Å². The molecule has 0 amide bonds. The molecule has 1 saturated heterocycles. The lowest BCUT2D eigenvalue weighted by molar-refractivity contribution is 0.185. The topological polar surface area (TPSA) is 37.8 Å². The van der Waals surface area contributed by atoms with Gasteiger partial charge in [0.1, 0.15) is 0 Å². The van der Waals surface area contributed by atoms with Crippen LogP contribution >= 0.6 is 0 Å². The predicted octanol–water partition coefficient (Wildman–Crippen LogP) is 3.42. The summed E-state index contributed by atoms with van der Waals surface area (Å²) in [4.78, 5) is 8.24. The summed E-state index contributed by atoms with van der Waals surface area (Å²) in [5.41, 5.74) is 1.90. The van der Waals surface area contributed by atoms with Crippen LogP contribution in [0.2, 0.25) is 0 Å². The van der Waals surface area contributed by atoms with Crippen LogP contribution in [0.3, 0.4) is 0 Å². The van der Waals surface area contributed by atoms with E-state index in [1.165, 1.54) is 45.2 Å². The van der Waals surface area contributed by atoms with Gasteiger partial charge < -0.3 is 5.32 Å². The van der Waals surface area contributed by atoms with Crippen molar-refractivity contribution < 1.29 is 0 Å². The fraction of sp³-hybridized carbons (Fsp3) is 0.529. The van der Waals surface area contributed by atoms with Gasteiger partial charge in [-0.25, -0.2) is 0 Å². The first-order valence-corrected chi connectivity index (χ1v) is 7.80.